The molecule has 0 aliphatic carbocycles. The summed E-state index contributed by atoms with van der Waals surface area (Å²) in [6.45, 7) is 8.37. The number of piperazine rings is 1. The Morgan fingerprint density at radius 2 is 1.16 bits per heavy atom. The van der Waals surface area contributed by atoms with Crippen molar-refractivity contribution in [2.45, 2.75) is 26.3 Å². The van der Waals surface area contributed by atoms with E-state index in [0.29, 0.717) is 38.0 Å². The van der Waals surface area contributed by atoms with Crippen LogP contribution >= 0.6 is 0 Å². The molecule has 2 fully saturated rings. The normalized spacial score (nSPS) is 22.5. The first-order chi connectivity index (χ1) is 15.0. The maximum absolute atomic E-state index is 12.9. The van der Waals surface area contributed by atoms with Crippen molar-refractivity contribution in [2.24, 2.45) is 11.8 Å². The van der Waals surface area contributed by atoms with Crippen LogP contribution in [0.25, 0.3) is 0 Å². The number of benzene rings is 2. The largest absolute Gasteiger partial charge is 0.334 e. The number of likely N-dealkylation sites (tertiary alicyclic amines) is 1. The van der Waals surface area contributed by atoms with Gasteiger partial charge in [-0.3, -0.25) is 14.5 Å². The zero-order valence-corrected chi connectivity index (χ0v) is 18.6. The second-order valence-electron chi connectivity index (χ2n) is 9.21. The molecule has 0 spiro atoms. The summed E-state index contributed by atoms with van der Waals surface area (Å²) in [5.74, 6) is 0.246. The molecule has 2 aliphatic heterocycles. The van der Waals surface area contributed by atoms with E-state index in [0.717, 1.165) is 19.5 Å². The summed E-state index contributed by atoms with van der Waals surface area (Å²) < 4.78 is 0. The van der Waals surface area contributed by atoms with Crippen molar-refractivity contribution in [3.63, 3.8) is 0 Å². The number of hydrogen-bond donors (Lipinski definition) is 0. The average Bonchev–Trinajstić information content (AvgIpc) is 2.79. The summed E-state index contributed by atoms with van der Waals surface area (Å²) >= 11 is 0. The molecule has 2 unspecified atom stereocenters. The molecule has 0 aromatic heterocycles. The average molecular weight is 420 g/mol. The van der Waals surface area contributed by atoms with Crippen molar-refractivity contribution >= 4 is 11.8 Å². The van der Waals surface area contributed by atoms with E-state index in [1.165, 1.54) is 11.1 Å². The second kappa shape index (κ2) is 9.65. The third-order valence-electron chi connectivity index (χ3n) is 6.54. The van der Waals surface area contributed by atoms with Crippen LogP contribution in [-0.2, 0) is 9.59 Å². The summed E-state index contributed by atoms with van der Waals surface area (Å²) in [5.41, 5.74) is 2.50. The lowest BCUT2D eigenvalue weighted by Crippen LogP contribution is -2.55. The fourth-order valence-corrected chi connectivity index (χ4v) is 5.17. The fraction of sp³-hybridized carbons (Fsp3) is 0.462. The number of piperidine rings is 1. The van der Waals surface area contributed by atoms with E-state index in [9.17, 15) is 9.59 Å². The van der Waals surface area contributed by atoms with E-state index in [1.54, 1.807) is 9.80 Å². The summed E-state index contributed by atoms with van der Waals surface area (Å²) in [7, 11) is 0. The lowest BCUT2D eigenvalue weighted by Gasteiger charge is -2.40. The van der Waals surface area contributed by atoms with E-state index in [4.69, 9.17) is 0 Å². The van der Waals surface area contributed by atoms with Crippen molar-refractivity contribution in [3.8, 4) is 0 Å². The molecule has 2 saturated heterocycles. The minimum absolute atomic E-state index is 0.152. The molecule has 5 nitrogen and oxygen atoms in total. The Bertz CT molecular complexity index is 829. The maximum atomic E-state index is 12.9. The van der Waals surface area contributed by atoms with Gasteiger partial charge in [0, 0.05) is 39.3 Å². The van der Waals surface area contributed by atoms with E-state index >= 15 is 0 Å². The molecular formula is C26H33N3O2. The van der Waals surface area contributed by atoms with E-state index in [1.807, 2.05) is 12.1 Å². The highest BCUT2D eigenvalue weighted by Gasteiger charge is 2.34. The van der Waals surface area contributed by atoms with Gasteiger partial charge in [0.1, 0.15) is 0 Å². The number of carbonyl (C=O) groups is 2. The molecule has 4 rings (SSSR count). The van der Waals surface area contributed by atoms with Gasteiger partial charge >= 0.3 is 11.8 Å². The molecule has 0 saturated carbocycles. The van der Waals surface area contributed by atoms with Crippen LogP contribution in [0.2, 0.25) is 0 Å². The first-order valence-corrected chi connectivity index (χ1v) is 11.4. The van der Waals surface area contributed by atoms with Gasteiger partial charge in [0.05, 0.1) is 6.04 Å². The Hall–Kier alpha value is -2.66. The monoisotopic (exact) mass is 419 g/mol. The summed E-state index contributed by atoms with van der Waals surface area (Å²) in [6.07, 6.45) is 1.12. The Morgan fingerprint density at radius 3 is 1.65 bits per heavy atom. The van der Waals surface area contributed by atoms with Crippen LogP contribution in [-0.4, -0.2) is 65.8 Å². The lowest BCUT2D eigenvalue weighted by atomic mass is 9.92. The third kappa shape index (κ3) is 4.99. The molecule has 2 aromatic rings. The Morgan fingerprint density at radius 1 is 0.710 bits per heavy atom. The van der Waals surface area contributed by atoms with Gasteiger partial charge in [0.15, 0.2) is 0 Å². The van der Waals surface area contributed by atoms with Crippen LogP contribution < -0.4 is 0 Å². The van der Waals surface area contributed by atoms with Crippen LogP contribution in [0.3, 0.4) is 0 Å². The highest BCUT2D eigenvalue weighted by molar-refractivity contribution is 6.34. The Kier molecular flexibility index (Phi) is 6.71. The lowest BCUT2D eigenvalue weighted by molar-refractivity contribution is -0.154. The number of carbonyl (C=O) groups excluding carboxylic acids is 2. The van der Waals surface area contributed by atoms with Crippen LogP contribution in [0.15, 0.2) is 60.7 Å². The maximum Gasteiger partial charge on any atom is 0.312 e. The third-order valence-corrected chi connectivity index (χ3v) is 6.54. The molecule has 2 aromatic carbocycles. The van der Waals surface area contributed by atoms with Gasteiger partial charge in [0.25, 0.3) is 0 Å². The number of hydrogen-bond acceptors (Lipinski definition) is 3. The fourth-order valence-electron chi connectivity index (χ4n) is 5.17. The zero-order valence-electron chi connectivity index (χ0n) is 18.6. The summed E-state index contributed by atoms with van der Waals surface area (Å²) in [5, 5.41) is 0. The molecule has 0 N–H and O–H groups in total. The van der Waals surface area contributed by atoms with Gasteiger partial charge in [-0.1, -0.05) is 74.5 Å². The first-order valence-electron chi connectivity index (χ1n) is 11.4. The molecule has 2 atom stereocenters. The number of nitrogens with zero attached hydrogens (tertiary/aromatic N) is 3. The second-order valence-corrected chi connectivity index (χ2v) is 9.21. The first kappa shape index (κ1) is 21.6. The van der Waals surface area contributed by atoms with Crippen molar-refractivity contribution < 1.29 is 9.59 Å². The molecule has 31 heavy (non-hydrogen) atoms. The zero-order chi connectivity index (χ0) is 21.8. The van der Waals surface area contributed by atoms with Gasteiger partial charge in [-0.05, 0) is 29.4 Å². The Labute approximate surface area is 185 Å². The van der Waals surface area contributed by atoms with Crippen molar-refractivity contribution in [2.75, 3.05) is 39.3 Å². The van der Waals surface area contributed by atoms with Crippen molar-refractivity contribution in [1.29, 1.82) is 0 Å². The highest BCUT2D eigenvalue weighted by atomic mass is 16.2. The van der Waals surface area contributed by atoms with Gasteiger partial charge in [-0.2, -0.15) is 0 Å². The van der Waals surface area contributed by atoms with Crippen LogP contribution in [0.1, 0.15) is 37.4 Å². The van der Waals surface area contributed by atoms with Crippen LogP contribution in [0, 0.1) is 11.8 Å². The van der Waals surface area contributed by atoms with Crippen molar-refractivity contribution in [1.82, 2.24) is 14.7 Å². The molecule has 5 heteroatoms. The summed E-state index contributed by atoms with van der Waals surface area (Å²) in [6, 6.07) is 21.2. The smallest absolute Gasteiger partial charge is 0.312 e. The van der Waals surface area contributed by atoms with E-state index in [-0.39, 0.29) is 17.9 Å². The summed E-state index contributed by atoms with van der Waals surface area (Å²) in [4.78, 5) is 31.7. The molecule has 2 heterocycles. The van der Waals surface area contributed by atoms with Crippen LogP contribution in [0.4, 0.5) is 0 Å². The molecular weight excluding hydrogens is 386 g/mol. The number of amides is 2. The quantitative estimate of drug-likeness (QED) is 0.716. The predicted molar refractivity (Wildman–Crippen MR) is 122 cm³/mol. The van der Waals surface area contributed by atoms with Crippen LogP contribution in [0.5, 0.6) is 0 Å². The van der Waals surface area contributed by atoms with E-state index < -0.39 is 0 Å². The van der Waals surface area contributed by atoms with E-state index in [2.05, 4.69) is 67.3 Å². The van der Waals surface area contributed by atoms with Gasteiger partial charge in [-0.25, -0.2) is 0 Å². The van der Waals surface area contributed by atoms with Gasteiger partial charge in [0.2, 0.25) is 0 Å². The Balaban J connectivity index is 1.43. The van der Waals surface area contributed by atoms with Gasteiger partial charge < -0.3 is 9.80 Å². The van der Waals surface area contributed by atoms with Gasteiger partial charge in [-0.15, -0.1) is 0 Å². The topological polar surface area (TPSA) is 43.9 Å². The molecule has 164 valence electrons. The number of rotatable bonds is 3. The van der Waals surface area contributed by atoms with Crippen molar-refractivity contribution in [3.05, 3.63) is 71.8 Å². The molecule has 0 radical (unpaired) electrons. The molecule has 2 amide bonds. The minimum atomic E-state index is -0.336. The predicted octanol–water partition coefficient (Wildman–Crippen LogP) is 3.42. The standard InChI is InChI=1S/C26H33N3O2/c1-20-17-21(2)19-29(18-20)26(31)25(30)28-15-13-27(14-16-28)24(22-9-5-3-6-10-22)23-11-7-4-8-12-23/h3-12,20-21,24H,13-19H2,1-2H3. The highest BCUT2D eigenvalue weighted by Crippen LogP contribution is 2.29. The minimum Gasteiger partial charge on any atom is -0.334 e. The SMILES string of the molecule is CC1CC(C)CN(C(=O)C(=O)N2CCN(C(c3ccccc3)c3ccccc3)CC2)C1. The molecule has 0 bridgehead atoms. The molecule has 2 aliphatic rings.